The van der Waals surface area contributed by atoms with Gasteiger partial charge in [0.25, 0.3) is 0 Å². The van der Waals surface area contributed by atoms with Gasteiger partial charge in [0.05, 0.1) is 32.2 Å². The van der Waals surface area contributed by atoms with Crippen molar-refractivity contribution in [1.29, 1.82) is 5.26 Å². The fourth-order valence-electron chi connectivity index (χ4n) is 2.51. The number of pyridine rings is 1. The Labute approximate surface area is 139 Å². The maximum atomic E-state index is 11.1. The van der Waals surface area contributed by atoms with Gasteiger partial charge >= 0.3 is 6.09 Å². The van der Waals surface area contributed by atoms with Gasteiger partial charge in [-0.1, -0.05) is 0 Å². The number of carbonyl (C=O) groups is 1. The van der Waals surface area contributed by atoms with Crippen molar-refractivity contribution in [2.45, 2.75) is 18.9 Å². The van der Waals surface area contributed by atoms with Crippen molar-refractivity contribution in [2.24, 2.45) is 0 Å². The van der Waals surface area contributed by atoms with Crippen LogP contribution in [0, 0.1) is 11.3 Å². The van der Waals surface area contributed by atoms with Gasteiger partial charge in [0.1, 0.15) is 12.2 Å². The molecule has 3 rings (SSSR count). The van der Waals surface area contributed by atoms with Gasteiger partial charge in [0, 0.05) is 6.54 Å². The Hall–Kier alpha value is -1.85. The SMILES string of the molecule is N#Cc1cnc(O[C@H]2CCCN(C(=O)O)C2)c2cc(Br)sc12. The molecule has 0 aromatic carbocycles. The van der Waals surface area contributed by atoms with E-state index in [1.165, 1.54) is 22.4 Å². The smallest absolute Gasteiger partial charge is 0.407 e. The topological polar surface area (TPSA) is 86.5 Å². The molecular formula is C14H12BrN3O3S. The second-order valence-electron chi connectivity index (χ2n) is 4.99. The maximum Gasteiger partial charge on any atom is 0.407 e. The zero-order valence-electron chi connectivity index (χ0n) is 11.5. The van der Waals surface area contributed by atoms with Gasteiger partial charge in [0.15, 0.2) is 0 Å². The Bertz CT molecular complexity index is 771. The zero-order valence-corrected chi connectivity index (χ0v) is 13.9. The summed E-state index contributed by atoms with van der Waals surface area (Å²) in [5.41, 5.74) is 0.508. The van der Waals surface area contributed by atoms with Crippen LogP contribution in [0.5, 0.6) is 5.88 Å². The Kier molecular flexibility index (Phi) is 4.18. The number of fused-ring (bicyclic) bond motifs is 1. The highest BCUT2D eigenvalue weighted by Gasteiger charge is 2.25. The largest absolute Gasteiger partial charge is 0.472 e. The molecule has 3 heterocycles. The minimum absolute atomic E-state index is 0.216. The number of hydrogen-bond donors (Lipinski definition) is 1. The van der Waals surface area contributed by atoms with Gasteiger partial charge in [0.2, 0.25) is 5.88 Å². The van der Waals surface area contributed by atoms with E-state index in [1.54, 1.807) is 0 Å². The lowest BCUT2D eigenvalue weighted by Crippen LogP contribution is -2.43. The van der Waals surface area contributed by atoms with Crippen LogP contribution in [0.3, 0.4) is 0 Å². The third kappa shape index (κ3) is 2.87. The first-order valence-corrected chi connectivity index (χ1v) is 8.32. The fraction of sp³-hybridized carbons (Fsp3) is 0.357. The summed E-state index contributed by atoms with van der Waals surface area (Å²) in [4.78, 5) is 16.7. The van der Waals surface area contributed by atoms with Gasteiger partial charge < -0.3 is 14.7 Å². The molecule has 1 fully saturated rings. The summed E-state index contributed by atoms with van der Waals surface area (Å²) in [5.74, 6) is 0.452. The lowest BCUT2D eigenvalue weighted by Gasteiger charge is -2.30. The monoisotopic (exact) mass is 381 g/mol. The number of nitrogens with zero attached hydrogens (tertiary/aromatic N) is 3. The van der Waals surface area contributed by atoms with Crippen LogP contribution in [0.4, 0.5) is 4.79 Å². The van der Waals surface area contributed by atoms with Crippen LogP contribution in [-0.2, 0) is 0 Å². The maximum absolute atomic E-state index is 11.1. The van der Waals surface area contributed by atoms with Gasteiger partial charge in [-0.25, -0.2) is 9.78 Å². The summed E-state index contributed by atoms with van der Waals surface area (Å²) in [5, 5.41) is 19.0. The molecule has 0 radical (unpaired) electrons. The molecule has 114 valence electrons. The van der Waals surface area contributed by atoms with Crippen molar-refractivity contribution in [1.82, 2.24) is 9.88 Å². The molecule has 1 saturated heterocycles. The molecule has 1 aliphatic rings. The second kappa shape index (κ2) is 6.10. The van der Waals surface area contributed by atoms with Gasteiger partial charge in [-0.15, -0.1) is 11.3 Å². The first-order valence-electron chi connectivity index (χ1n) is 6.71. The number of rotatable bonds is 2. The predicted molar refractivity (Wildman–Crippen MR) is 85.3 cm³/mol. The van der Waals surface area contributed by atoms with E-state index < -0.39 is 6.09 Å². The number of ether oxygens (including phenoxy) is 1. The normalized spacial score (nSPS) is 18.2. The Morgan fingerprint density at radius 3 is 3.18 bits per heavy atom. The van der Waals surface area contributed by atoms with Crippen LogP contribution in [0.2, 0.25) is 0 Å². The van der Waals surface area contributed by atoms with E-state index in [1.807, 2.05) is 6.07 Å². The third-order valence-corrected chi connectivity index (χ3v) is 5.21. The molecule has 1 amide bonds. The van der Waals surface area contributed by atoms with Gasteiger partial charge in [-0.05, 0) is 34.8 Å². The first kappa shape index (κ1) is 15.1. The molecule has 0 spiro atoms. The van der Waals surface area contributed by atoms with E-state index >= 15 is 0 Å². The van der Waals surface area contributed by atoms with E-state index in [0.717, 1.165) is 26.7 Å². The molecular weight excluding hydrogens is 370 g/mol. The van der Waals surface area contributed by atoms with Crippen LogP contribution in [0.25, 0.3) is 10.1 Å². The average Bonchev–Trinajstić information content (AvgIpc) is 2.90. The minimum atomic E-state index is -0.926. The molecule has 0 aliphatic carbocycles. The predicted octanol–water partition coefficient (Wildman–Crippen LogP) is 3.45. The van der Waals surface area contributed by atoms with Crippen LogP contribution < -0.4 is 4.74 Å². The highest BCUT2D eigenvalue weighted by atomic mass is 79.9. The van der Waals surface area contributed by atoms with Crippen LogP contribution in [0.1, 0.15) is 18.4 Å². The zero-order chi connectivity index (χ0) is 15.7. The molecule has 22 heavy (non-hydrogen) atoms. The van der Waals surface area contributed by atoms with Crippen molar-refractivity contribution < 1.29 is 14.6 Å². The molecule has 8 heteroatoms. The molecule has 6 nitrogen and oxygen atoms in total. The summed E-state index contributed by atoms with van der Waals surface area (Å²) >= 11 is 4.87. The van der Waals surface area contributed by atoms with Gasteiger partial charge in [-0.3, -0.25) is 0 Å². The molecule has 0 saturated carbocycles. The van der Waals surface area contributed by atoms with Crippen molar-refractivity contribution >= 4 is 43.4 Å². The number of thiophene rings is 1. The number of nitriles is 1. The fourth-order valence-corrected chi connectivity index (χ4v) is 4.06. The summed E-state index contributed by atoms with van der Waals surface area (Å²) in [6.45, 7) is 0.874. The molecule has 2 aromatic heterocycles. The number of amides is 1. The lowest BCUT2D eigenvalue weighted by atomic mass is 10.1. The summed E-state index contributed by atoms with van der Waals surface area (Å²) in [6.07, 6.45) is 1.91. The van der Waals surface area contributed by atoms with Crippen LogP contribution in [-0.4, -0.2) is 40.3 Å². The highest BCUT2D eigenvalue weighted by molar-refractivity contribution is 9.11. The van der Waals surface area contributed by atoms with E-state index in [2.05, 4.69) is 27.0 Å². The highest BCUT2D eigenvalue weighted by Crippen LogP contribution is 2.37. The van der Waals surface area contributed by atoms with Crippen molar-refractivity contribution in [2.75, 3.05) is 13.1 Å². The number of halogens is 1. The second-order valence-corrected chi connectivity index (χ2v) is 7.42. The third-order valence-electron chi connectivity index (χ3n) is 3.54. The number of likely N-dealkylation sites (tertiary alicyclic amines) is 1. The van der Waals surface area contributed by atoms with Crippen LogP contribution in [0.15, 0.2) is 16.0 Å². The molecule has 0 bridgehead atoms. The Morgan fingerprint density at radius 1 is 1.64 bits per heavy atom. The number of piperidine rings is 1. The van der Waals surface area contributed by atoms with E-state index in [9.17, 15) is 4.79 Å². The summed E-state index contributed by atoms with van der Waals surface area (Å²) < 4.78 is 7.64. The van der Waals surface area contributed by atoms with E-state index in [4.69, 9.17) is 15.1 Å². The van der Waals surface area contributed by atoms with Crippen molar-refractivity contribution in [3.05, 3.63) is 21.6 Å². The molecule has 1 atom stereocenters. The number of hydrogen-bond acceptors (Lipinski definition) is 5. The van der Waals surface area contributed by atoms with E-state index in [-0.39, 0.29) is 6.10 Å². The average molecular weight is 382 g/mol. The quantitative estimate of drug-likeness (QED) is 0.860. The van der Waals surface area contributed by atoms with Crippen molar-refractivity contribution in [3.8, 4) is 11.9 Å². The lowest BCUT2D eigenvalue weighted by molar-refractivity contribution is 0.0776. The Morgan fingerprint density at radius 2 is 2.45 bits per heavy atom. The first-order chi connectivity index (χ1) is 10.6. The molecule has 1 N–H and O–H groups in total. The Balaban J connectivity index is 1.88. The molecule has 0 unspecified atom stereocenters. The van der Waals surface area contributed by atoms with Gasteiger partial charge in [-0.2, -0.15) is 5.26 Å². The minimum Gasteiger partial charge on any atom is -0.472 e. The number of carboxylic acid groups (broad SMARTS) is 1. The van der Waals surface area contributed by atoms with Crippen LogP contribution >= 0.6 is 27.3 Å². The summed E-state index contributed by atoms with van der Waals surface area (Å²) in [7, 11) is 0. The standard InChI is InChI=1S/C14H12BrN3O3S/c15-11-4-10-12(22-11)8(5-16)6-17-13(10)21-9-2-1-3-18(7-9)14(19)20/h4,6,9H,1-3,7H2,(H,19,20)/t9-/m0/s1. The van der Waals surface area contributed by atoms with E-state index in [0.29, 0.717) is 24.5 Å². The summed E-state index contributed by atoms with van der Waals surface area (Å²) in [6, 6.07) is 4.00. The molecule has 1 aliphatic heterocycles. The molecule has 2 aromatic rings. The number of aromatic nitrogens is 1. The van der Waals surface area contributed by atoms with Crippen molar-refractivity contribution in [3.63, 3.8) is 0 Å².